The second-order valence-corrected chi connectivity index (χ2v) is 2.73. The van der Waals surface area contributed by atoms with Crippen molar-refractivity contribution in [3.05, 3.63) is 23.0 Å². The maximum Gasteiger partial charge on any atom is 0.356 e. The highest BCUT2D eigenvalue weighted by atomic mass is 16.5. The third-order valence-electron chi connectivity index (χ3n) is 1.90. The van der Waals surface area contributed by atoms with Crippen LogP contribution in [0.5, 0.6) is 0 Å². The number of nitrogens with two attached hydrogens (primary N) is 1. The minimum atomic E-state index is -0.514. The molecule has 0 saturated heterocycles. The molecule has 0 atom stereocenters. The Bertz CT molecular complexity index is 401. The van der Waals surface area contributed by atoms with Crippen molar-refractivity contribution in [2.24, 2.45) is 0 Å². The normalized spacial score (nSPS) is 9.50. The van der Waals surface area contributed by atoms with Crippen LogP contribution in [0.1, 0.15) is 28.7 Å². The lowest BCUT2D eigenvalue weighted by Crippen LogP contribution is -2.19. The van der Waals surface area contributed by atoms with E-state index in [1.54, 1.807) is 13.8 Å². The van der Waals surface area contributed by atoms with Gasteiger partial charge < -0.3 is 10.6 Å². The van der Waals surface area contributed by atoms with Gasteiger partial charge in [-0.15, -0.1) is 0 Å². The number of nitrogen functional groups attached to an aromatic ring is 1. The number of carbonyl (C=O) groups excluding carboxylic acids is 1. The summed E-state index contributed by atoms with van der Waals surface area (Å²) >= 11 is 0. The summed E-state index contributed by atoms with van der Waals surface area (Å²) in [5.41, 5.74) is 1.13. The summed E-state index contributed by atoms with van der Waals surface area (Å²) in [6, 6.07) is 3.37. The predicted octanol–water partition coefficient (Wildman–Crippen LogP) is 0.559. The number of rotatable bonds is 2. The minimum Gasteiger partial charge on any atom is -0.461 e. The van der Waals surface area contributed by atoms with Crippen molar-refractivity contribution in [2.75, 3.05) is 12.4 Å². The smallest absolute Gasteiger partial charge is 0.356 e. The van der Waals surface area contributed by atoms with Crippen LogP contribution in [-0.4, -0.2) is 17.3 Å². The van der Waals surface area contributed by atoms with E-state index in [0.717, 1.165) is 4.68 Å². The lowest BCUT2D eigenvalue weighted by molar-refractivity contribution is 0.0516. The maximum absolute atomic E-state index is 11.3. The average molecular weight is 193 g/mol. The van der Waals surface area contributed by atoms with Crippen LogP contribution in [0.2, 0.25) is 0 Å². The first-order valence-corrected chi connectivity index (χ1v) is 4.16. The van der Waals surface area contributed by atoms with Crippen molar-refractivity contribution in [1.82, 2.24) is 4.68 Å². The van der Waals surface area contributed by atoms with Crippen LogP contribution in [0.4, 0.5) is 0 Å². The van der Waals surface area contributed by atoms with Crippen molar-refractivity contribution in [3.8, 4) is 6.07 Å². The van der Waals surface area contributed by atoms with E-state index in [4.69, 9.17) is 15.8 Å². The quantitative estimate of drug-likeness (QED) is 0.549. The first-order chi connectivity index (χ1) is 6.61. The summed E-state index contributed by atoms with van der Waals surface area (Å²) in [6.45, 7) is 3.66. The van der Waals surface area contributed by atoms with E-state index in [1.165, 1.54) is 6.07 Å². The second kappa shape index (κ2) is 3.83. The Balaban J connectivity index is 3.12. The summed E-state index contributed by atoms with van der Waals surface area (Å²) in [7, 11) is 0. The van der Waals surface area contributed by atoms with E-state index < -0.39 is 5.97 Å². The SMILES string of the molecule is CCOC(=O)c1cc(C#N)c(C)n1N. The fourth-order valence-corrected chi connectivity index (χ4v) is 1.10. The van der Waals surface area contributed by atoms with Crippen LogP contribution in [0.25, 0.3) is 0 Å². The van der Waals surface area contributed by atoms with Gasteiger partial charge in [0.15, 0.2) is 0 Å². The molecule has 0 fully saturated rings. The van der Waals surface area contributed by atoms with Crippen molar-refractivity contribution < 1.29 is 9.53 Å². The number of hydrogen-bond donors (Lipinski definition) is 1. The molecule has 1 heterocycles. The zero-order valence-electron chi connectivity index (χ0n) is 8.07. The molecule has 0 aliphatic carbocycles. The second-order valence-electron chi connectivity index (χ2n) is 2.73. The average Bonchev–Trinajstić information content (AvgIpc) is 2.44. The summed E-state index contributed by atoms with van der Waals surface area (Å²) in [5, 5.41) is 8.70. The molecule has 2 N–H and O–H groups in total. The molecule has 0 radical (unpaired) electrons. The highest BCUT2D eigenvalue weighted by Crippen LogP contribution is 2.12. The van der Waals surface area contributed by atoms with Gasteiger partial charge in [0.2, 0.25) is 0 Å². The Kier molecular flexibility index (Phi) is 2.77. The summed E-state index contributed by atoms with van der Waals surface area (Å²) < 4.78 is 5.94. The first kappa shape index (κ1) is 10.1. The van der Waals surface area contributed by atoms with Crippen LogP contribution in [0.15, 0.2) is 6.07 Å². The Morgan fingerprint density at radius 2 is 2.43 bits per heavy atom. The lowest BCUT2D eigenvalue weighted by Gasteiger charge is -2.03. The molecular weight excluding hydrogens is 182 g/mol. The van der Waals surface area contributed by atoms with Gasteiger partial charge in [-0.05, 0) is 19.9 Å². The fraction of sp³-hybridized carbons (Fsp3) is 0.333. The Morgan fingerprint density at radius 3 is 2.86 bits per heavy atom. The molecule has 0 unspecified atom stereocenters. The van der Waals surface area contributed by atoms with Gasteiger partial charge in [0.05, 0.1) is 17.9 Å². The molecule has 1 rings (SSSR count). The summed E-state index contributed by atoms with van der Waals surface area (Å²) in [6.07, 6.45) is 0. The van der Waals surface area contributed by atoms with Crippen molar-refractivity contribution >= 4 is 5.97 Å². The number of hydrogen-bond acceptors (Lipinski definition) is 4. The minimum absolute atomic E-state index is 0.195. The van der Waals surface area contributed by atoms with Crippen LogP contribution in [-0.2, 0) is 4.74 Å². The van der Waals surface area contributed by atoms with Gasteiger partial charge in [-0.25, -0.2) is 4.79 Å². The van der Waals surface area contributed by atoms with Crippen LogP contribution in [0.3, 0.4) is 0 Å². The largest absolute Gasteiger partial charge is 0.461 e. The molecule has 0 aromatic carbocycles. The Hall–Kier alpha value is -1.96. The zero-order chi connectivity index (χ0) is 10.7. The van der Waals surface area contributed by atoms with Crippen molar-refractivity contribution in [1.29, 1.82) is 5.26 Å². The molecule has 0 bridgehead atoms. The van der Waals surface area contributed by atoms with Crippen LogP contribution >= 0.6 is 0 Å². The first-order valence-electron chi connectivity index (χ1n) is 4.16. The van der Waals surface area contributed by atoms with E-state index in [2.05, 4.69) is 0 Å². The van der Waals surface area contributed by atoms with Crippen LogP contribution < -0.4 is 5.84 Å². The van der Waals surface area contributed by atoms with E-state index >= 15 is 0 Å². The zero-order valence-corrected chi connectivity index (χ0v) is 8.07. The Labute approximate surface area is 81.7 Å². The van der Waals surface area contributed by atoms with Gasteiger partial charge >= 0.3 is 5.97 Å². The predicted molar refractivity (Wildman–Crippen MR) is 50.0 cm³/mol. The van der Waals surface area contributed by atoms with Gasteiger partial charge in [0.25, 0.3) is 0 Å². The monoisotopic (exact) mass is 193 g/mol. The number of carbonyl (C=O) groups is 1. The number of nitrogens with zero attached hydrogens (tertiary/aromatic N) is 2. The number of aromatic nitrogens is 1. The molecule has 0 aliphatic heterocycles. The molecule has 5 heteroatoms. The summed E-state index contributed by atoms with van der Waals surface area (Å²) in [5.74, 6) is 5.06. The van der Waals surface area contributed by atoms with E-state index in [0.29, 0.717) is 11.3 Å². The van der Waals surface area contributed by atoms with E-state index in [1.807, 2.05) is 6.07 Å². The van der Waals surface area contributed by atoms with Gasteiger partial charge in [0, 0.05) is 0 Å². The molecule has 0 spiro atoms. The standard InChI is InChI=1S/C9H11N3O2/c1-3-14-9(13)8-4-7(5-10)6(2)12(8)11/h4H,3,11H2,1-2H3. The fourth-order valence-electron chi connectivity index (χ4n) is 1.10. The molecule has 74 valence electrons. The molecule has 0 saturated carbocycles. The van der Waals surface area contributed by atoms with Gasteiger partial charge in [0.1, 0.15) is 11.8 Å². The third kappa shape index (κ3) is 1.55. The van der Waals surface area contributed by atoms with Gasteiger partial charge in [-0.1, -0.05) is 0 Å². The van der Waals surface area contributed by atoms with Crippen LogP contribution in [0, 0.1) is 18.3 Å². The van der Waals surface area contributed by atoms with Gasteiger partial charge in [-0.3, -0.25) is 4.68 Å². The molecule has 5 nitrogen and oxygen atoms in total. The van der Waals surface area contributed by atoms with E-state index in [9.17, 15) is 4.79 Å². The lowest BCUT2D eigenvalue weighted by atomic mass is 10.3. The molecular formula is C9H11N3O2. The number of esters is 1. The van der Waals surface area contributed by atoms with Crippen molar-refractivity contribution in [2.45, 2.75) is 13.8 Å². The number of ether oxygens (including phenoxy) is 1. The third-order valence-corrected chi connectivity index (χ3v) is 1.90. The van der Waals surface area contributed by atoms with Gasteiger partial charge in [-0.2, -0.15) is 5.26 Å². The highest BCUT2D eigenvalue weighted by Gasteiger charge is 2.16. The van der Waals surface area contributed by atoms with Crippen molar-refractivity contribution in [3.63, 3.8) is 0 Å². The molecule has 0 aliphatic rings. The maximum atomic E-state index is 11.3. The topological polar surface area (TPSA) is 81.0 Å². The Morgan fingerprint density at radius 1 is 1.79 bits per heavy atom. The summed E-state index contributed by atoms with van der Waals surface area (Å²) in [4.78, 5) is 11.3. The molecule has 1 aromatic heterocycles. The highest BCUT2D eigenvalue weighted by molar-refractivity contribution is 5.88. The molecule has 0 amide bonds. The number of nitriles is 1. The van der Waals surface area contributed by atoms with E-state index in [-0.39, 0.29) is 12.3 Å². The molecule has 1 aromatic rings. The molecule has 14 heavy (non-hydrogen) atoms.